The zero-order chi connectivity index (χ0) is 28.2. The lowest BCUT2D eigenvalue weighted by Crippen LogP contribution is -2.32. The topological polar surface area (TPSA) is 58.6 Å². The van der Waals surface area contributed by atoms with Crippen LogP contribution in [-0.4, -0.2) is 17.1 Å². The standard InChI is InChI=1S/C36H31NO3S/c1-25-17-20-27(21-18-25)34-33(38)35(39)37-31-22-19-26(23-32(31)41-34)24-40-36(28-11-5-2-6-12-28,29-13-7-3-8-14-29)30-15-9-4-10-16-30/h2-23,33-34,38H,24H2,1H3,(H,37,39)/t33-,34+/m1/s1. The first-order valence-corrected chi connectivity index (χ1v) is 14.6. The van der Waals surface area contributed by atoms with E-state index in [9.17, 15) is 9.90 Å². The average molecular weight is 558 g/mol. The fraction of sp³-hybridized carbons (Fsp3) is 0.139. The molecule has 5 aromatic carbocycles. The molecule has 41 heavy (non-hydrogen) atoms. The average Bonchev–Trinajstić information content (AvgIpc) is 3.15. The maximum atomic E-state index is 12.8. The molecule has 2 atom stereocenters. The van der Waals surface area contributed by atoms with Gasteiger partial charge in [-0.05, 0) is 46.9 Å². The molecule has 0 bridgehead atoms. The third kappa shape index (κ3) is 5.44. The molecule has 1 aliphatic rings. The highest BCUT2D eigenvalue weighted by Gasteiger charge is 2.38. The summed E-state index contributed by atoms with van der Waals surface area (Å²) >= 11 is 1.50. The Balaban J connectivity index is 1.38. The molecule has 0 aromatic heterocycles. The Morgan fingerprint density at radius 3 is 1.83 bits per heavy atom. The van der Waals surface area contributed by atoms with E-state index in [0.29, 0.717) is 12.3 Å². The maximum Gasteiger partial charge on any atom is 0.254 e. The van der Waals surface area contributed by atoms with Crippen LogP contribution in [0.3, 0.4) is 0 Å². The van der Waals surface area contributed by atoms with Gasteiger partial charge in [-0.25, -0.2) is 0 Å². The molecule has 0 radical (unpaired) electrons. The molecule has 0 unspecified atom stereocenters. The number of benzene rings is 5. The first-order valence-electron chi connectivity index (χ1n) is 13.7. The second-order valence-electron chi connectivity index (χ2n) is 10.3. The molecule has 204 valence electrons. The van der Waals surface area contributed by atoms with Crippen LogP contribution in [0.1, 0.15) is 38.6 Å². The van der Waals surface area contributed by atoms with Gasteiger partial charge in [-0.15, -0.1) is 11.8 Å². The normalized spacial score (nSPS) is 16.9. The third-order valence-corrected chi connectivity index (χ3v) is 8.89. The summed E-state index contributed by atoms with van der Waals surface area (Å²) in [5.74, 6) is -0.401. The van der Waals surface area contributed by atoms with Gasteiger partial charge >= 0.3 is 0 Å². The molecular formula is C36H31NO3S. The molecule has 6 rings (SSSR count). The van der Waals surface area contributed by atoms with E-state index < -0.39 is 22.9 Å². The number of aliphatic hydroxyl groups excluding tert-OH is 1. The summed E-state index contributed by atoms with van der Waals surface area (Å²) in [6, 6.07) is 44.8. The van der Waals surface area contributed by atoms with Crippen molar-refractivity contribution in [3.05, 3.63) is 167 Å². The highest BCUT2D eigenvalue weighted by atomic mass is 32.2. The van der Waals surface area contributed by atoms with Crippen molar-refractivity contribution in [3.63, 3.8) is 0 Å². The first kappa shape index (κ1) is 27.0. The van der Waals surface area contributed by atoms with Gasteiger partial charge in [0, 0.05) is 4.90 Å². The zero-order valence-corrected chi connectivity index (χ0v) is 23.6. The summed E-state index contributed by atoms with van der Waals surface area (Å²) in [6.45, 7) is 2.35. The number of hydrogen-bond acceptors (Lipinski definition) is 4. The molecule has 0 aliphatic carbocycles. The van der Waals surface area contributed by atoms with Crippen molar-refractivity contribution < 1.29 is 14.6 Å². The first-order chi connectivity index (χ1) is 20.0. The molecule has 1 heterocycles. The second-order valence-corrected chi connectivity index (χ2v) is 11.5. The minimum absolute atomic E-state index is 0.332. The molecule has 5 aromatic rings. The van der Waals surface area contributed by atoms with Gasteiger partial charge in [0.15, 0.2) is 0 Å². The third-order valence-electron chi connectivity index (χ3n) is 7.52. The summed E-state index contributed by atoms with van der Waals surface area (Å²) in [4.78, 5) is 13.7. The molecule has 0 saturated heterocycles. The number of aryl methyl sites for hydroxylation is 1. The maximum absolute atomic E-state index is 12.8. The minimum atomic E-state index is -1.17. The van der Waals surface area contributed by atoms with Crippen LogP contribution in [0.15, 0.2) is 138 Å². The SMILES string of the molecule is Cc1ccc([C@@H]2Sc3cc(COC(c4ccccc4)(c4ccccc4)c4ccccc4)ccc3NC(=O)[C@@H]2O)cc1. The Morgan fingerprint density at radius 1 is 0.756 bits per heavy atom. The number of fused-ring (bicyclic) bond motifs is 1. The monoisotopic (exact) mass is 557 g/mol. The van der Waals surface area contributed by atoms with Crippen LogP contribution in [0.2, 0.25) is 0 Å². The van der Waals surface area contributed by atoms with Gasteiger partial charge in [0.1, 0.15) is 11.7 Å². The number of ether oxygens (including phenoxy) is 1. The molecule has 5 heteroatoms. The number of thioether (sulfide) groups is 1. The predicted molar refractivity (Wildman–Crippen MR) is 165 cm³/mol. The van der Waals surface area contributed by atoms with Crippen LogP contribution in [0.25, 0.3) is 0 Å². The number of rotatable bonds is 7. The molecule has 0 fully saturated rings. The van der Waals surface area contributed by atoms with Crippen LogP contribution in [0.5, 0.6) is 0 Å². The fourth-order valence-electron chi connectivity index (χ4n) is 5.37. The van der Waals surface area contributed by atoms with E-state index >= 15 is 0 Å². The highest BCUT2D eigenvalue weighted by Crippen LogP contribution is 2.45. The van der Waals surface area contributed by atoms with Crippen molar-refractivity contribution in [2.45, 2.75) is 35.4 Å². The smallest absolute Gasteiger partial charge is 0.254 e. The van der Waals surface area contributed by atoms with Crippen molar-refractivity contribution in [1.29, 1.82) is 0 Å². The summed E-state index contributed by atoms with van der Waals surface area (Å²) in [6.07, 6.45) is -1.17. The second kappa shape index (κ2) is 11.8. The number of aliphatic hydroxyl groups is 1. The largest absolute Gasteiger partial charge is 0.382 e. The predicted octanol–water partition coefficient (Wildman–Crippen LogP) is 7.65. The van der Waals surface area contributed by atoms with Crippen molar-refractivity contribution >= 4 is 23.4 Å². The molecule has 1 amide bonds. The molecule has 2 N–H and O–H groups in total. The molecule has 1 aliphatic heterocycles. The van der Waals surface area contributed by atoms with Crippen molar-refractivity contribution in [2.24, 2.45) is 0 Å². The Morgan fingerprint density at radius 2 is 1.29 bits per heavy atom. The van der Waals surface area contributed by atoms with Crippen LogP contribution in [-0.2, 0) is 21.7 Å². The number of nitrogens with one attached hydrogen (secondary N) is 1. The van der Waals surface area contributed by atoms with E-state index in [2.05, 4.69) is 47.8 Å². The number of amides is 1. The Kier molecular flexibility index (Phi) is 7.75. The summed E-state index contributed by atoms with van der Waals surface area (Å²) in [5.41, 5.74) is 5.98. The van der Waals surface area contributed by atoms with Crippen molar-refractivity contribution in [2.75, 3.05) is 5.32 Å². The lowest BCUT2D eigenvalue weighted by molar-refractivity contribution is -0.124. The van der Waals surface area contributed by atoms with E-state index in [4.69, 9.17) is 4.74 Å². The van der Waals surface area contributed by atoms with E-state index in [1.807, 2.05) is 97.9 Å². The molecular weight excluding hydrogens is 526 g/mol. The Bertz CT molecular complexity index is 1530. The number of carbonyl (C=O) groups excluding carboxylic acids is 1. The van der Waals surface area contributed by atoms with Crippen molar-refractivity contribution in [3.8, 4) is 0 Å². The number of carbonyl (C=O) groups is 1. The number of anilines is 1. The fourth-order valence-corrected chi connectivity index (χ4v) is 6.65. The van der Waals surface area contributed by atoms with Gasteiger partial charge in [0.2, 0.25) is 0 Å². The summed E-state index contributed by atoms with van der Waals surface area (Å²) in [5, 5.41) is 13.4. The van der Waals surface area contributed by atoms with Gasteiger partial charge in [-0.2, -0.15) is 0 Å². The lowest BCUT2D eigenvalue weighted by Gasteiger charge is -2.36. The van der Waals surface area contributed by atoms with Gasteiger partial charge in [-0.1, -0.05) is 127 Å². The van der Waals surface area contributed by atoms with E-state index in [-0.39, 0.29) is 0 Å². The molecule has 4 nitrogen and oxygen atoms in total. The van der Waals surface area contributed by atoms with Crippen LogP contribution in [0, 0.1) is 6.92 Å². The Labute approximate surface area is 245 Å². The zero-order valence-electron chi connectivity index (χ0n) is 22.7. The van der Waals surface area contributed by atoms with E-state index in [1.54, 1.807) is 0 Å². The van der Waals surface area contributed by atoms with Crippen LogP contribution >= 0.6 is 11.8 Å². The lowest BCUT2D eigenvalue weighted by atomic mass is 9.80. The Hall–Kier alpha value is -4.16. The summed E-state index contributed by atoms with van der Waals surface area (Å²) in [7, 11) is 0. The van der Waals surface area contributed by atoms with Crippen LogP contribution in [0.4, 0.5) is 5.69 Å². The molecule has 0 spiro atoms. The highest BCUT2D eigenvalue weighted by molar-refractivity contribution is 7.99. The quantitative estimate of drug-likeness (QED) is 0.202. The summed E-state index contributed by atoms with van der Waals surface area (Å²) < 4.78 is 7.02. The number of hydrogen-bond donors (Lipinski definition) is 2. The van der Waals surface area contributed by atoms with Crippen LogP contribution < -0.4 is 5.32 Å². The van der Waals surface area contributed by atoms with Gasteiger partial charge < -0.3 is 15.2 Å². The molecule has 0 saturated carbocycles. The van der Waals surface area contributed by atoms with E-state index in [1.165, 1.54) is 11.8 Å². The van der Waals surface area contributed by atoms with Gasteiger partial charge in [-0.3, -0.25) is 4.79 Å². The minimum Gasteiger partial charge on any atom is -0.382 e. The van der Waals surface area contributed by atoms with Crippen molar-refractivity contribution in [1.82, 2.24) is 0 Å². The van der Waals surface area contributed by atoms with Gasteiger partial charge in [0.05, 0.1) is 17.5 Å². The van der Waals surface area contributed by atoms with Gasteiger partial charge in [0.25, 0.3) is 5.91 Å². The van der Waals surface area contributed by atoms with E-state index in [0.717, 1.165) is 38.3 Å².